The third-order valence-electron chi connectivity index (χ3n) is 7.35. The molecule has 3 fully saturated rings. The van der Waals surface area contributed by atoms with Crippen molar-refractivity contribution in [1.29, 1.82) is 0 Å². The molecule has 3 aromatic rings. The summed E-state index contributed by atoms with van der Waals surface area (Å²) in [5, 5.41) is 3.22. The van der Waals surface area contributed by atoms with Crippen molar-refractivity contribution >= 4 is 32.4 Å². The molecule has 196 valence electrons. The maximum atomic E-state index is 13.8. The van der Waals surface area contributed by atoms with Crippen molar-refractivity contribution in [2.45, 2.75) is 19.5 Å². The van der Waals surface area contributed by atoms with E-state index in [0.717, 1.165) is 60.2 Å². The van der Waals surface area contributed by atoms with Gasteiger partial charge in [0.25, 0.3) is 0 Å². The lowest BCUT2D eigenvalue weighted by Gasteiger charge is -2.55. The van der Waals surface area contributed by atoms with Gasteiger partial charge in [-0.3, -0.25) is 9.88 Å². The summed E-state index contributed by atoms with van der Waals surface area (Å²) in [6.45, 7) is 6.85. The molecular weight excluding hydrogens is 500 g/mol. The number of morpholine rings is 1. The first-order chi connectivity index (χ1) is 17.7. The highest BCUT2D eigenvalue weighted by Gasteiger charge is 2.55. The van der Waals surface area contributed by atoms with E-state index in [9.17, 15) is 17.2 Å². The Labute approximate surface area is 214 Å². The van der Waals surface area contributed by atoms with Crippen LogP contribution in [0.25, 0.3) is 11.0 Å². The third kappa shape index (κ3) is 4.99. The van der Waals surface area contributed by atoms with Crippen molar-refractivity contribution < 1.29 is 21.9 Å². The first-order valence-electron chi connectivity index (χ1n) is 12.4. The largest absolute Gasteiger partial charge is 0.378 e. The molecule has 2 aromatic carbocycles. The summed E-state index contributed by atoms with van der Waals surface area (Å²) in [6, 6.07) is 7.16. The van der Waals surface area contributed by atoms with E-state index in [1.807, 2.05) is 13.0 Å². The number of nitrogens with one attached hydrogen (secondary N) is 1. The van der Waals surface area contributed by atoms with Crippen molar-refractivity contribution in [1.82, 2.24) is 14.9 Å². The number of halogens is 2. The van der Waals surface area contributed by atoms with Gasteiger partial charge in [0.05, 0.1) is 48.0 Å². The molecule has 6 rings (SSSR count). The van der Waals surface area contributed by atoms with Crippen molar-refractivity contribution in [3.8, 4) is 0 Å². The highest BCUT2D eigenvalue weighted by Crippen LogP contribution is 2.42. The second-order valence-corrected chi connectivity index (χ2v) is 12.6. The van der Waals surface area contributed by atoms with Crippen LogP contribution in [0.3, 0.4) is 0 Å². The minimum absolute atomic E-state index is 0.0817. The summed E-state index contributed by atoms with van der Waals surface area (Å²) in [4.78, 5) is 14.1. The Morgan fingerprint density at radius 1 is 1.08 bits per heavy atom. The van der Waals surface area contributed by atoms with E-state index in [1.54, 1.807) is 6.20 Å². The normalized spacial score (nSPS) is 21.4. The first-order valence-corrected chi connectivity index (χ1v) is 14.3. The Balaban J connectivity index is 1.30. The summed E-state index contributed by atoms with van der Waals surface area (Å²) < 4.78 is 56.4. The molecular formula is C26H29F2N5O3S. The maximum absolute atomic E-state index is 13.8. The van der Waals surface area contributed by atoms with Gasteiger partial charge in [0.15, 0.2) is 9.84 Å². The summed E-state index contributed by atoms with van der Waals surface area (Å²) in [5.41, 5.74) is 3.65. The number of fused-ring (bicyclic) bond motifs is 1. The summed E-state index contributed by atoms with van der Waals surface area (Å²) >= 11 is 0. The number of nitrogens with zero attached hydrogens (tertiary/aromatic N) is 4. The number of likely N-dealkylation sites (tertiary alicyclic amines) is 1. The Bertz CT molecular complexity index is 1420. The number of ether oxygens (including phenoxy) is 1. The fourth-order valence-electron chi connectivity index (χ4n) is 5.87. The Morgan fingerprint density at radius 3 is 2.46 bits per heavy atom. The number of rotatable bonds is 6. The van der Waals surface area contributed by atoms with Gasteiger partial charge >= 0.3 is 0 Å². The van der Waals surface area contributed by atoms with Gasteiger partial charge in [-0.15, -0.1) is 0 Å². The smallest absolute Gasteiger partial charge is 0.151 e. The number of anilines is 2. The van der Waals surface area contributed by atoms with E-state index < -0.39 is 21.5 Å². The van der Waals surface area contributed by atoms with Crippen molar-refractivity contribution in [2.75, 3.05) is 61.1 Å². The van der Waals surface area contributed by atoms with Crippen LogP contribution in [0.15, 0.2) is 36.5 Å². The van der Waals surface area contributed by atoms with Crippen LogP contribution in [0.1, 0.15) is 24.1 Å². The average Bonchev–Trinajstić information content (AvgIpc) is 2.81. The van der Waals surface area contributed by atoms with Crippen LogP contribution in [-0.4, -0.2) is 74.2 Å². The van der Waals surface area contributed by atoms with E-state index in [-0.39, 0.29) is 23.0 Å². The minimum Gasteiger partial charge on any atom is -0.378 e. The number of hydrogen-bond acceptors (Lipinski definition) is 8. The molecule has 1 unspecified atom stereocenters. The fraction of sp³-hybridized carbons (Fsp3) is 0.462. The predicted octanol–water partition coefficient (Wildman–Crippen LogP) is 3.15. The molecule has 3 saturated heterocycles. The molecule has 1 atom stereocenters. The lowest BCUT2D eigenvalue weighted by atomic mass is 9.82. The summed E-state index contributed by atoms with van der Waals surface area (Å²) in [6.07, 6.45) is 1.78. The Morgan fingerprint density at radius 2 is 1.78 bits per heavy atom. The van der Waals surface area contributed by atoms with Crippen LogP contribution in [-0.2, 0) is 21.1 Å². The molecule has 8 nitrogen and oxygen atoms in total. The number of benzene rings is 2. The highest BCUT2D eigenvalue weighted by molar-refractivity contribution is 7.92. The van der Waals surface area contributed by atoms with Gasteiger partial charge in [-0.1, -0.05) is 6.07 Å². The SMILES string of the molecule is CC(Nc1cc(F)cc(F)c1)c1cc(CN2CC3(C2)CS(=O)(=O)C3)cc2ncc(N3CCOCC3)nc12. The van der Waals surface area contributed by atoms with Gasteiger partial charge in [0.1, 0.15) is 17.5 Å². The van der Waals surface area contributed by atoms with Crippen molar-refractivity contribution in [3.63, 3.8) is 0 Å². The van der Waals surface area contributed by atoms with Crippen LogP contribution in [0, 0.1) is 17.0 Å². The van der Waals surface area contributed by atoms with Crippen molar-refractivity contribution in [3.05, 3.63) is 59.3 Å². The zero-order chi connectivity index (χ0) is 25.8. The van der Waals surface area contributed by atoms with Crippen molar-refractivity contribution in [2.24, 2.45) is 5.41 Å². The van der Waals surface area contributed by atoms with Crippen LogP contribution in [0.4, 0.5) is 20.3 Å². The number of aromatic nitrogens is 2. The molecule has 0 amide bonds. The average molecular weight is 530 g/mol. The van der Waals surface area contributed by atoms with Crippen LogP contribution < -0.4 is 10.2 Å². The van der Waals surface area contributed by atoms with E-state index in [2.05, 4.69) is 21.2 Å². The molecule has 0 radical (unpaired) electrons. The van der Waals surface area contributed by atoms with Gasteiger partial charge < -0.3 is 15.0 Å². The quantitative estimate of drug-likeness (QED) is 0.521. The fourth-order valence-corrected chi connectivity index (χ4v) is 8.02. The van der Waals surface area contributed by atoms with E-state index in [1.165, 1.54) is 12.1 Å². The molecule has 1 spiro atoms. The third-order valence-corrected chi connectivity index (χ3v) is 9.45. The monoisotopic (exact) mass is 529 g/mol. The minimum atomic E-state index is -2.86. The molecule has 0 saturated carbocycles. The van der Waals surface area contributed by atoms with E-state index >= 15 is 0 Å². The molecule has 4 heterocycles. The molecule has 3 aliphatic rings. The topological polar surface area (TPSA) is 87.7 Å². The lowest BCUT2D eigenvalue weighted by Crippen LogP contribution is -2.67. The zero-order valence-electron chi connectivity index (χ0n) is 20.6. The van der Waals surface area contributed by atoms with Gasteiger partial charge in [-0.25, -0.2) is 22.2 Å². The maximum Gasteiger partial charge on any atom is 0.151 e. The Hall–Kier alpha value is -2.89. The molecule has 0 bridgehead atoms. The van der Waals surface area contributed by atoms with Crippen LogP contribution in [0.5, 0.6) is 0 Å². The predicted molar refractivity (Wildman–Crippen MR) is 137 cm³/mol. The molecule has 0 aliphatic carbocycles. The number of hydrogen-bond donors (Lipinski definition) is 1. The second kappa shape index (κ2) is 9.14. The number of sulfone groups is 1. The van der Waals surface area contributed by atoms with Gasteiger partial charge in [-0.05, 0) is 30.7 Å². The lowest BCUT2D eigenvalue weighted by molar-refractivity contribution is 0.0180. The van der Waals surface area contributed by atoms with Gasteiger partial charge in [0, 0.05) is 55.5 Å². The van der Waals surface area contributed by atoms with E-state index in [4.69, 9.17) is 14.7 Å². The highest BCUT2D eigenvalue weighted by atomic mass is 32.2. The summed E-state index contributed by atoms with van der Waals surface area (Å²) in [5.74, 6) is 0.0328. The molecule has 1 N–H and O–H groups in total. The first kappa shape index (κ1) is 24.4. The van der Waals surface area contributed by atoms with E-state index in [0.29, 0.717) is 25.4 Å². The van der Waals surface area contributed by atoms with Gasteiger partial charge in [-0.2, -0.15) is 0 Å². The second-order valence-electron chi connectivity index (χ2n) is 10.6. The van der Waals surface area contributed by atoms with Gasteiger partial charge in [0.2, 0.25) is 0 Å². The standard InChI is InChI=1S/C26H29F2N5O3S/c1-17(30-21-9-19(27)8-20(28)10-21)22-6-18(12-32-13-26(14-32)15-37(34,35)16-26)7-23-25(22)31-24(11-29-23)33-2-4-36-5-3-33/h6-11,17,30H,2-5,12-16H2,1H3. The molecule has 37 heavy (non-hydrogen) atoms. The molecule has 11 heteroatoms. The summed E-state index contributed by atoms with van der Waals surface area (Å²) in [7, 11) is -2.86. The molecule has 1 aromatic heterocycles. The van der Waals surface area contributed by atoms with Crippen LogP contribution >= 0.6 is 0 Å². The zero-order valence-corrected chi connectivity index (χ0v) is 21.4. The Kier molecular flexibility index (Phi) is 6.04. The van der Waals surface area contributed by atoms with Crippen LogP contribution in [0.2, 0.25) is 0 Å². The molecule has 3 aliphatic heterocycles.